The van der Waals surface area contributed by atoms with Crippen LogP contribution < -0.4 is 4.72 Å². The first-order chi connectivity index (χ1) is 7.61. The fourth-order valence-electron chi connectivity index (χ4n) is 1.36. The highest BCUT2D eigenvalue weighted by atomic mass is 35.5. The summed E-state index contributed by atoms with van der Waals surface area (Å²) in [5.41, 5.74) is 0.580. The van der Waals surface area contributed by atoms with Crippen molar-refractivity contribution in [1.29, 1.82) is 0 Å². The molecule has 2 rings (SSSR count). The highest BCUT2D eigenvalue weighted by molar-refractivity contribution is 7.92. The molecule has 0 unspecified atom stereocenters. The maximum absolute atomic E-state index is 11.5. The summed E-state index contributed by atoms with van der Waals surface area (Å²) < 4.78 is 26.6. The van der Waals surface area contributed by atoms with Crippen LogP contribution in [0.2, 0.25) is 0 Å². The molecule has 6 heteroatoms. The first-order valence-corrected chi connectivity index (χ1v) is 7.71. The molecule has 0 amide bonds. The van der Waals surface area contributed by atoms with E-state index in [1.165, 1.54) is 0 Å². The highest BCUT2D eigenvalue weighted by Gasteiger charge is 2.09. The number of hydrogen-bond donors (Lipinski definition) is 1. The molecule has 0 spiro atoms. The van der Waals surface area contributed by atoms with Gasteiger partial charge in [0.25, 0.3) is 0 Å². The molecule has 0 fully saturated rings. The van der Waals surface area contributed by atoms with Gasteiger partial charge in [-0.3, -0.25) is 4.72 Å². The third kappa shape index (κ3) is 2.66. The van der Waals surface area contributed by atoms with E-state index in [1.807, 2.05) is 23.6 Å². The van der Waals surface area contributed by atoms with Gasteiger partial charge < -0.3 is 0 Å². The van der Waals surface area contributed by atoms with Crippen LogP contribution >= 0.6 is 22.9 Å². The summed E-state index contributed by atoms with van der Waals surface area (Å²) in [6.45, 7) is 0. The lowest BCUT2D eigenvalue weighted by Crippen LogP contribution is -2.17. The molecule has 0 aliphatic rings. The van der Waals surface area contributed by atoms with Crippen LogP contribution in [-0.4, -0.2) is 20.1 Å². The van der Waals surface area contributed by atoms with Crippen molar-refractivity contribution < 1.29 is 8.42 Å². The second-order valence-corrected chi connectivity index (χ2v) is 6.45. The average molecular weight is 276 g/mol. The average Bonchev–Trinajstić information content (AvgIpc) is 2.63. The zero-order valence-corrected chi connectivity index (χ0v) is 10.7. The van der Waals surface area contributed by atoms with Crippen molar-refractivity contribution in [2.45, 2.75) is 0 Å². The quantitative estimate of drug-likeness (QED) is 0.872. The van der Waals surface area contributed by atoms with Crippen LogP contribution in [0.5, 0.6) is 0 Å². The molecule has 0 aliphatic carbocycles. The first-order valence-electron chi connectivity index (χ1n) is 4.64. The standard InChI is InChI=1S/C10H10ClNO2S2/c11-4-6-16(13,14)12-9-1-2-10-8(7-9)3-5-15-10/h1-3,5,7,12H,4,6H2. The first kappa shape index (κ1) is 11.7. The summed E-state index contributed by atoms with van der Waals surface area (Å²) in [5, 5.41) is 3.01. The zero-order valence-electron chi connectivity index (χ0n) is 8.31. The van der Waals surface area contributed by atoms with Crippen LogP contribution in [0.1, 0.15) is 0 Å². The molecule has 0 aliphatic heterocycles. The van der Waals surface area contributed by atoms with Gasteiger partial charge in [0, 0.05) is 16.3 Å². The summed E-state index contributed by atoms with van der Waals surface area (Å²) in [6.07, 6.45) is 0. The molecule has 3 nitrogen and oxygen atoms in total. The molecule has 86 valence electrons. The summed E-state index contributed by atoms with van der Waals surface area (Å²) >= 11 is 7.04. The van der Waals surface area contributed by atoms with E-state index in [0.717, 1.165) is 10.1 Å². The molecule has 1 N–H and O–H groups in total. The van der Waals surface area contributed by atoms with Gasteiger partial charge in [-0.15, -0.1) is 22.9 Å². The van der Waals surface area contributed by atoms with Gasteiger partial charge in [0.15, 0.2) is 0 Å². The highest BCUT2D eigenvalue weighted by Crippen LogP contribution is 2.24. The number of anilines is 1. The Bertz CT molecular complexity index is 592. The largest absolute Gasteiger partial charge is 0.283 e. The number of fused-ring (bicyclic) bond motifs is 1. The lowest BCUT2D eigenvalue weighted by Gasteiger charge is -2.06. The van der Waals surface area contributed by atoms with Crippen LogP contribution in [0, 0.1) is 0 Å². The van der Waals surface area contributed by atoms with Gasteiger partial charge in [-0.1, -0.05) is 0 Å². The van der Waals surface area contributed by atoms with E-state index in [9.17, 15) is 8.42 Å². The number of thiophene rings is 1. The van der Waals surface area contributed by atoms with E-state index < -0.39 is 10.0 Å². The van der Waals surface area contributed by atoms with Gasteiger partial charge >= 0.3 is 0 Å². The van der Waals surface area contributed by atoms with E-state index in [1.54, 1.807) is 17.4 Å². The number of benzene rings is 1. The predicted octanol–water partition coefficient (Wildman–Crippen LogP) is 2.88. The molecule has 0 saturated carbocycles. The molecule has 0 bridgehead atoms. The minimum absolute atomic E-state index is 0.0732. The second kappa shape index (κ2) is 4.61. The van der Waals surface area contributed by atoms with Crippen molar-refractivity contribution in [2.75, 3.05) is 16.4 Å². The number of sulfonamides is 1. The Balaban J connectivity index is 2.27. The van der Waals surface area contributed by atoms with E-state index in [4.69, 9.17) is 11.6 Å². The predicted molar refractivity (Wildman–Crippen MR) is 70.0 cm³/mol. The van der Waals surface area contributed by atoms with E-state index in [-0.39, 0.29) is 11.6 Å². The van der Waals surface area contributed by atoms with Crippen LogP contribution in [0.25, 0.3) is 10.1 Å². The van der Waals surface area contributed by atoms with Crippen molar-refractivity contribution >= 4 is 48.7 Å². The second-order valence-electron chi connectivity index (χ2n) is 3.28. The van der Waals surface area contributed by atoms with Crippen molar-refractivity contribution in [1.82, 2.24) is 0 Å². The monoisotopic (exact) mass is 275 g/mol. The zero-order chi connectivity index (χ0) is 11.6. The molecule has 1 aromatic carbocycles. The number of alkyl halides is 1. The number of rotatable bonds is 4. The molecule has 1 heterocycles. The fourth-order valence-corrected chi connectivity index (χ4v) is 3.53. The van der Waals surface area contributed by atoms with Crippen LogP contribution in [0.4, 0.5) is 5.69 Å². The van der Waals surface area contributed by atoms with Crippen molar-refractivity contribution in [3.05, 3.63) is 29.6 Å². The minimum Gasteiger partial charge on any atom is -0.283 e. The van der Waals surface area contributed by atoms with Gasteiger partial charge in [-0.05, 0) is 35.0 Å². The maximum atomic E-state index is 11.5. The molecule has 0 radical (unpaired) electrons. The smallest absolute Gasteiger partial charge is 0.233 e. The normalized spacial score (nSPS) is 11.8. The van der Waals surface area contributed by atoms with Gasteiger partial charge in [0.2, 0.25) is 10.0 Å². The Kier molecular flexibility index (Phi) is 3.37. The summed E-state index contributed by atoms with van der Waals surface area (Å²) in [5.74, 6) is 0.0201. The van der Waals surface area contributed by atoms with Crippen LogP contribution in [-0.2, 0) is 10.0 Å². The summed E-state index contributed by atoms with van der Waals surface area (Å²) in [7, 11) is -3.31. The number of nitrogens with one attached hydrogen (secondary N) is 1. The van der Waals surface area contributed by atoms with Crippen LogP contribution in [0.15, 0.2) is 29.6 Å². The SMILES string of the molecule is O=S(=O)(CCCl)Nc1ccc2sccc2c1. The Morgan fingerprint density at radius 3 is 2.88 bits per heavy atom. The van der Waals surface area contributed by atoms with Gasteiger partial charge in [0.05, 0.1) is 5.75 Å². The number of halogens is 1. The van der Waals surface area contributed by atoms with Crippen molar-refractivity contribution in [3.63, 3.8) is 0 Å². The van der Waals surface area contributed by atoms with E-state index in [0.29, 0.717) is 5.69 Å². The van der Waals surface area contributed by atoms with Crippen LogP contribution in [0.3, 0.4) is 0 Å². The molecule has 2 aromatic rings. The lowest BCUT2D eigenvalue weighted by molar-refractivity contribution is 0.602. The molecule has 0 saturated heterocycles. The Hall–Kier alpha value is -0.780. The van der Waals surface area contributed by atoms with Gasteiger partial charge in [0.1, 0.15) is 0 Å². The lowest BCUT2D eigenvalue weighted by atomic mass is 10.2. The minimum atomic E-state index is -3.31. The Labute approximate surface area is 103 Å². The van der Waals surface area contributed by atoms with E-state index in [2.05, 4.69) is 4.72 Å². The molecule has 1 aromatic heterocycles. The Morgan fingerprint density at radius 1 is 1.31 bits per heavy atom. The molecular formula is C10H10ClNO2S2. The summed E-state index contributed by atoms with van der Waals surface area (Å²) in [4.78, 5) is 0. The van der Waals surface area contributed by atoms with E-state index >= 15 is 0 Å². The van der Waals surface area contributed by atoms with Gasteiger partial charge in [-0.2, -0.15) is 0 Å². The maximum Gasteiger partial charge on any atom is 0.233 e. The van der Waals surface area contributed by atoms with Gasteiger partial charge in [-0.25, -0.2) is 8.42 Å². The molecule has 0 atom stereocenters. The fraction of sp³-hybridized carbons (Fsp3) is 0.200. The third-order valence-corrected chi connectivity index (χ3v) is 4.67. The topological polar surface area (TPSA) is 46.2 Å². The third-order valence-electron chi connectivity index (χ3n) is 2.07. The number of hydrogen-bond acceptors (Lipinski definition) is 3. The molecular weight excluding hydrogens is 266 g/mol. The summed E-state index contributed by atoms with van der Waals surface area (Å²) in [6, 6.07) is 7.43. The van der Waals surface area contributed by atoms with Crippen molar-refractivity contribution in [3.8, 4) is 0 Å². The Morgan fingerprint density at radius 2 is 2.12 bits per heavy atom. The molecule has 16 heavy (non-hydrogen) atoms. The van der Waals surface area contributed by atoms with Crippen molar-refractivity contribution in [2.24, 2.45) is 0 Å².